The molecule has 26 heavy (non-hydrogen) atoms. The fourth-order valence-corrected chi connectivity index (χ4v) is 2.47. The maximum atomic E-state index is 12.6. The summed E-state index contributed by atoms with van der Waals surface area (Å²) in [6, 6.07) is 14.3. The Morgan fingerprint density at radius 2 is 1.77 bits per heavy atom. The van der Waals surface area contributed by atoms with Crippen LogP contribution in [0.5, 0.6) is 0 Å². The number of primary amides is 1. The summed E-state index contributed by atoms with van der Waals surface area (Å²) in [4.78, 5) is 35.6. The Morgan fingerprint density at radius 1 is 1.12 bits per heavy atom. The molecule has 0 radical (unpaired) electrons. The molecule has 7 nitrogen and oxygen atoms in total. The van der Waals surface area contributed by atoms with Crippen molar-refractivity contribution in [3.05, 3.63) is 65.2 Å². The summed E-state index contributed by atoms with van der Waals surface area (Å²) in [6.07, 6.45) is 0.0904. The average Bonchev–Trinajstić information content (AvgIpc) is 2.61. The van der Waals surface area contributed by atoms with E-state index in [0.717, 1.165) is 0 Å². The number of nitrogens with zero attached hydrogens (tertiary/aromatic N) is 1. The van der Waals surface area contributed by atoms with Crippen molar-refractivity contribution in [3.63, 3.8) is 0 Å². The molecule has 0 aromatic heterocycles. The van der Waals surface area contributed by atoms with Crippen molar-refractivity contribution in [1.29, 1.82) is 5.26 Å². The number of anilines is 1. The third kappa shape index (κ3) is 4.68. The molecule has 0 aliphatic heterocycles. The molecule has 2 rings (SSSR count). The minimum Gasteiger partial charge on any atom is -0.368 e. The molecule has 0 aliphatic carbocycles. The van der Waals surface area contributed by atoms with Crippen LogP contribution in [0.3, 0.4) is 0 Å². The summed E-state index contributed by atoms with van der Waals surface area (Å²) in [7, 11) is 0. The van der Waals surface area contributed by atoms with E-state index in [1.165, 1.54) is 13.0 Å². The molecule has 0 spiro atoms. The van der Waals surface area contributed by atoms with Crippen LogP contribution < -0.4 is 16.4 Å². The van der Waals surface area contributed by atoms with Crippen LogP contribution in [-0.4, -0.2) is 23.8 Å². The second-order valence-electron chi connectivity index (χ2n) is 5.63. The summed E-state index contributed by atoms with van der Waals surface area (Å²) in [5.41, 5.74) is 6.97. The van der Waals surface area contributed by atoms with Gasteiger partial charge in [0.2, 0.25) is 11.8 Å². The highest BCUT2D eigenvalue weighted by Crippen LogP contribution is 2.16. The minimum atomic E-state index is -0.998. The molecule has 0 saturated carbocycles. The van der Waals surface area contributed by atoms with Gasteiger partial charge in [0.1, 0.15) is 6.04 Å². The molecule has 0 bridgehead atoms. The third-order valence-corrected chi connectivity index (χ3v) is 3.69. The van der Waals surface area contributed by atoms with Gasteiger partial charge < -0.3 is 16.4 Å². The van der Waals surface area contributed by atoms with Gasteiger partial charge in [-0.25, -0.2) is 0 Å². The van der Waals surface area contributed by atoms with Crippen molar-refractivity contribution in [1.82, 2.24) is 5.32 Å². The summed E-state index contributed by atoms with van der Waals surface area (Å²) >= 11 is 0. The lowest BCUT2D eigenvalue weighted by atomic mass is 10.00. The second kappa shape index (κ2) is 8.44. The quantitative estimate of drug-likeness (QED) is 0.727. The average molecular weight is 350 g/mol. The number of hydrogen-bond donors (Lipinski definition) is 3. The van der Waals surface area contributed by atoms with E-state index in [0.29, 0.717) is 16.8 Å². The first-order valence-electron chi connectivity index (χ1n) is 7.87. The first kappa shape index (κ1) is 18.7. The van der Waals surface area contributed by atoms with E-state index in [4.69, 9.17) is 11.0 Å². The Kier molecular flexibility index (Phi) is 6.06. The van der Waals surface area contributed by atoms with E-state index in [2.05, 4.69) is 10.6 Å². The van der Waals surface area contributed by atoms with Gasteiger partial charge in [-0.3, -0.25) is 14.4 Å². The van der Waals surface area contributed by atoms with Gasteiger partial charge in [0, 0.05) is 13.3 Å². The Labute approximate surface area is 150 Å². The molecule has 132 valence electrons. The molecule has 0 unspecified atom stereocenters. The van der Waals surface area contributed by atoms with Gasteiger partial charge in [-0.2, -0.15) is 5.26 Å². The van der Waals surface area contributed by atoms with Crippen molar-refractivity contribution in [2.75, 3.05) is 5.32 Å². The molecule has 3 amide bonds. The number of para-hydroxylation sites is 1. The largest absolute Gasteiger partial charge is 0.368 e. The lowest BCUT2D eigenvalue weighted by Gasteiger charge is -2.17. The summed E-state index contributed by atoms with van der Waals surface area (Å²) in [5.74, 6) is -1.59. The molecule has 1 atom stereocenters. The Morgan fingerprint density at radius 3 is 2.42 bits per heavy atom. The Bertz CT molecular complexity index is 886. The molecule has 0 saturated heterocycles. The zero-order valence-electron chi connectivity index (χ0n) is 14.2. The van der Waals surface area contributed by atoms with Crippen LogP contribution in [0.25, 0.3) is 0 Å². The normalized spacial score (nSPS) is 11.1. The maximum absolute atomic E-state index is 12.6. The number of nitrogens with one attached hydrogen (secondary N) is 2. The number of amides is 3. The number of carbonyl (C=O) groups is 3. The zero-order valence-corrected chi connectivity index (χ0v) is 14.2. The van der Waals surface area contributed by atoms with Gasteiger partial charge in [-0.05, 0) is 23.8 Å². The maximum Gasteiger partial charge on any atom is 0.254 e. The molecule has 0 fully saturated rings. The number of nitrogens with two attached hydrogens (primary N) is 1. The van der Waals surface area contributed by atoms with Crippen molar-refractivity contribution in [2.24, 2.45) is 5.73 Å². The number of nitriles is 1. The van der Waals surface area contributed by atoms with Crippen molar-refractivity contribution in [2.45, 2.75) is 19.4 Å². The third-order valence-electron chi connectivity index (χ3n) is 3.69. The summed E-state index contributed by atoms with van der Waals surface area (Å²) in [6.45, 7) is 1.33. The van der Waals surface area contributed by atoms with Gasteiger partial charge in [0.05, 0.1) is 22.9 Å². The molecular formula is C19H18N4O3. The van der Waals surface area contributed by atoms with Crippen LogP contribution in [0.4, 0.5) is 5.69 Å². The van der Waals surface area contributed by atoms with E-state index in [1.807, 2.05) is 6.07 Å². The van der Waals surface area contributed by atoms with E-state index in [-0.39, 0.29) is 17.9 Å². The standard InChI is InChI=1S/C19H18N4O3/c1-12(24)22-16-9-5-4-8-15(16)19(26)23-17(18(21)25)10-13-6-2-3-7-14(13)11-20/h2-9,17H,10H2,1H3,(H2,21,25)(H,22,24)(H,23,26)/t17-/m0/s1. The number of hydrogen-bond acceptors (Lipinski definition) is 4. The first-order chi connectivity index (χ1) is 12.4. The lowest BCUT2D eigenvalue weighted by Crippen LogP contribution is -2.46. The van der Waals surface area contributed by atoms with Gasteiger partial charge in [0.15, 0.2) is 0 Å². The van der Waals surface area contributed by atoms with Crippen molar-refractivity contribution >= 4 is 23.4 Å². The van der Waals surface area contributed by atoms with Crippen LogP contribution in [0, 0.1) is 11.3 Å². The highest BCUT2D eigenvalue weighted by atomic mass is 16.2. The topological polar surface area (TPSA) is 125 Å². The van der Waals surface area contributed by atoms with E-state index >= 15 is 0 Å². The monoisotopic (exact) mass is 350 g/mol. The fraction of sp³-hybridized carbons (Fsp3) is 0.158. The SMILES string of the molecule is CC(=O)Nc1ccccc1C(=O)N[C@@H](Cc1ccccc1C#N)C(N)=O. The van der Waals surface area contributed by atoms with Gasteiger partial charge >= 0.3 is 0 Å². The first-order valence-corrected chi connectivity index (χ1v) is 7.87. The molecular weight excluding hydrogens is 332 g/mol. The van der Waals surface area contributed by atoms with Gasteiger partial charge in [-0.15, -0.1) is 0 Å². The molecule has 2 aromatic rings. The van der Waals surface area contributed by atoms with Crippen LogP contribution >= 0.6 is 0 Å². The number of benzene rings is 2. The van der Waals surface area contributed by atoms with Gasteiger partial charge in [0.25, 0.3) is 5.91 Å². The zero-order chi connectivity index (χ0) is 19.1. The second-order valence-corrected chi connectivity index (χ2v) is 5.63. The van der Waals surface area contributed by atoms with E-state index < -0.39 is 17.9 Å². The molecule has 4 N–H and O–H groups in total. The van der Waals surface area contributed by atoms with Crippen molar-refractivity contribution < 1.29 is 14.4 Å². The smallest absolute Gasteiger partial charge is 0.254 e. The molecule has 7 heteroatoms. The van der Waals surface area contributed by atoms with Crippen LogP contribution in [0.1, 0.15) is 28.4 Å². The number of rotatable bonds is 6. The van der Waals surface area contributed by atoms with Crippen LogP contribution in [-0.2, 0) is 16.0 Å². The highest BCUT2D eigenvalue weighted by molar-refractivity contribution is 6.04. The predicted molar refractivity (Wildman–Crippen MR) is 96.1 cm³/mol. The fourth-order valence-electron chi connectivity index (χ4n) is 2.47. The van der Waals surface area contributed by atoms with Crippen molar-refractivity contribution in [3.8, 4) is 6.07 Å². The molecule has 2 aromatic carbocycles. The number of carbonyl (C=O) groups excluding carboxylic acids is 3. The summed E-state index contributed by atoms with van der Waals surface area (Å²) < 4.78 is 0. The van der Waals surface area contributed by atoms with E-state index in [1.54, 1.807) is 42.5 Å². The molecule has 0 heterocycles. The Hall–Kier alpha value is -3.66. The molecule has 0 aliphatic rings. The lowest BCUT2D eigenvalue weighted by molar-refractivity contribution is -0.119. The van der Waals surface area contributed by atoms with E-state index in [9.17, 15) is 14.4 Å². The van der Waals surface area contributed by atoms with Gasteiger partial charge in [-0.1, -0.05) is 30.3 Å². The highest BCUT2D eigenvalue weighted by Gasteiger charge is 2.22. The minimum absolute atomic E-state index is 0.0904. The summed E-state index contributed by atoms with van der Waals surface area (Å²) in [5, 5.41) is 14.3. The predicted octanol–water partition coefficient (Wildman–Crippen LogP) is 1.34. The van der Waals surface area contributed by atoms with Crippen LogP contribution in [0.15, 0.2) is 48.5 Å². The van der Waals surface area contributed by atoms with Crippen LogP contribution in [0.2, 0.25) is 0 Å². The Balaban J connectivity index is 2.23.